The first-order valence-electron chi connectivity index (χ1n) is 6.68. The molecule has 0 aliphatic rings. The summed E-state index contributed by atoms with van der Waals surface area (Å²) in [6.45, 7) is 6.88. The molecule has 1 atom stereocenters. The van der Waals surface area contributed by atoms with Gasteiger partial charge in [0.25, 0.3) is 0 Å². The second-order valence-electron chi connectivity index (χ2n) is 5.91. The zero-order valence-corrected chi connectivity index (χ0v) is 12.8. The van der Waals surface area contributed by atoms with Gasteiger partial charge in [-0.1, -0.05) is 17.7 Å². The van der Waals surface area contributed by atoms with Crippen molar-refractivity contribution >= 4 is 22.5 Å². The number of aliphatic hydroxyl groups excluding tert-OH is 1. The number of hydrogen-bond donors (Lipinski definition) is 3. The highest BCUT2D eigenvalue weighted by Gasteiger charge is 2.14. The first kappa shape index (κ1) is 15.2. The summed E-state index contributed by atoms with van der Waals surface area (Å²) >= 11 is 6.13. The van der Waals surface area contributed by atoms with Gasteiger partial charge < -0.3 is 20.1 Å². The molecule has 0 radical (unpaired) electrons. The highest BCUT2D eigenvalue weighted by Crippen LogP contribution is 2.31. The van der Waals surface area contributed by atoms with Crippen LogP contribution in [-0.4, -0.2) is 34.9 Å². The summed E-state index contributed by atoms with van der Waals surface area (Å²) < 4.78 is 5.69. The predicted molar refractivity (Wildman–Crippen MR) is 82.6 cm³/mol. The maximum absolute atomic E-state index is 9.94. The van der Waals surface area contributed by atoms with E-state index in [1.165, 1.54) is 0 Å². The molecule has 3 N–H and O–H groups in total. The molecule has 1 aromatic carbocycles. The molecule has 1 heterocycles. The average molecular weight is 297 g/mol. The van der Waals surface area contributed by atoms with Gasteiger partial charge in [0.1, 0.15) is 18.5 Å². The van der Waals surface area contributed by atoms with Crippen LogP contribution in [0.5, 0.6) is 5.75 Å². The van der Waals surface area contributed by atoms with Gasteiger partial charge >= 0.3 is 0 Å². The van der Waals surface area contributed by atoms with Gasteiger partial charge in [-0.3, -0.25) is 0 Å². The van der Waals surface area contributed by atoms with Gasteiger partial charge in [0.05, 0.1) is 15.9 Å². The van der Waals surface area contributed by atoms with Crippen LogP contribution < -0.4 is 10.1 Å². The van der Waals surface area contributed by atoms with Crippen LogP contribution >= 0.6 is 11.6 Å². The van der Waals surface area contributed by atoms with E-state index in [9.17, 15) is 5.11 Å². The van der Waals surface area contributed by atoms with Crippen LogP contribution in [0.4, 0.5) is 0 Å². The van der Waals surface area contributed by atoms with Crippen LogP contribution in [0.3, 0.4) is 0 Å². The lowest BCUT2D eigenvalue weighted by molar-refractivity contribution is 0.101. The Morgan fingerprint density at radius 3 is 2.85 bits per heavy atom. The molecular weight excluding hydrogens is 276 g/mol. The van der Waals surface area contributed by atoms with Crippen molar-refractivity contribution in [3.63, 3.8) is 0 Å². The standard InChI is InChI=1S/C15H21ClN2O2/c1-15(2,3)18-7-10(19)9-20-13-6-4-5-12-14(13)11(16)8-17-12/h4-6,8,10,17-19H,7,9H2,1-3H3. The number of fused-ring (bicyclic) bond motifs is 1. The lowest BCUT2D eigenvalue weighted by Gasteiger charge is -2.23. The third-order valence-electron chi connectivity index (χ3n) is 2.92. The Hall–Kier alpha value is -1.23. The molecule has 0 aliphatic heterocycles. The first-order valence-corrected chi connectivity index (χ1v) is 7.06. The van der Waals surface area contributed by atoms with Crippen molar-refractivity contribution in [2.75, 3.05) is 13.2 Å². The van der Waals surface area contributed by atoms with E-state index in [4.69, 9.17) is 16.3 Å². The molecule has 0 aliphatic carbocycles. The highest BCUT2D eigenvalue weighted by molar-refractivity contribution is 6.36. The topological polar surface area (TPSA) is 57.3 Å². The van der Waals surface area contributed by atoms with Gasteiger partial charge in [-0.2, -0.15) is 0 Å². The van der Waals surface area contributed by atoms with Crippen molar-refractivity contribution in [3.05, 3.63) is 29.4 Å². The molecule has 110 valence electrons. The number of aliphatic hydroxyl groups is 1. The molecule has 0 bridgehead atoms. The number of nitrogens with one attached hydrogen (secondary N) is 2. The number of ether oxygens (including phenoxy) is 1. The van der Waals surface area contributed by atoms with Gasteiger partial charge in [-0.25, -0.2) is 0 Å². The van der Waals surface area contributed by atoms with E-state index in [2.05, 4.69) is 31.1 Å². The Labute approximate surface area is 124 Å². The van der Waals surface area contributed by atoms with Crippen LogP contribution in [0.1, 0.15) is 20.8 Å². The summed E-state index contributed by atoms with van der Waals surface area (Å²) in [5.74, 6) is 0.684. The second kappa shape index (κ2) is 6.04. The van der Waals surface area contributed by atoms with Gasteiger partial charge in [-0.05, 0) is 32.9 Å². The van der Waals surface area contributed by atoms with Crippen molar-refractivity contribution in [1.82, 2.24) is 10.3 Å². The molecule has 0 saturated heterocycles. The number of halogens is 1. The van der Waals surface area contributed by atoms with Crippen LogP contribution in [0.2, 0.25) is 5.02 Å². The average Bonchev–Trinajstić information content (AvgIpc) is 2.76. The minimum absolute atomic E-state index is 0.0229. The van der Waals surface area contributed by atoms with Crippen LogP contribution in [0.25, 0.3) is 10.9 Å². The molecule has 0 saturated carbocycles. The SMILES string of the molecule is CC(C)(C)NCC(O)COc1cccc2[nH]cc(Cl)c12. The normalized spacial score (nSPS) is 13.7. The Morgan fingerprint density at radius 2 is 2.15 bits per heavy atom. The van der Waals surface area contributed by atoms with Crippen LogP contribution in [-0.2, 0) is 0 Å². The number of β-amino-alcohol motifs (C(OH)–C–C–N with tert-alkyl or cyclic N) is 1. The van der Waals surface area contributed by atoms with E-state index in [1.807, 2.05) is 18.2 Å². The molecule has 0 fully saturated rings. The summed E-state index contributed by atoms with van der Waals surface area (Å²) in [6.07, 6.45) is 1.17. The summed E-state index contributed by atoms with van der Waals surface area (Å²) in [7, 11) is 0. The molecule has 20 heavy (non-hydrogen) atoms. The van der Waals surface area contributed by atoms with E-state index >= 15 is 0 Å². The number of hydrogen-bond acceptors (Lipinski definition) is 3. The number of benzene rings is 1. The number of aromatic amines is 1. The minimum atomic E-state index is -0.567. The fourth-order valence-electron chi connectivity index (χ4n) is 1.90. The smallest absolute Gasteiger partial charge is 0.130 e. The maximum atomic E-state index is 9.94. The van der Waals surface area contributed by atoms with Gasteiger partial charge in [-0.15, -0.1) is 0 Å². The predicted octanol–water partition coefficient (Wildman–Crippen LogP) is 2.95. The summed E-state index contributed by atoms with van der Waals surface area (Å²) in [6, 6.07) is 5.68. The Morgan fingerprint density at radius 1 is 1.40 bits per heavy atom. The fourth-order valence-corrected chi connectivity index (χ4v) is 2.15. The van der Waals surface area contributed by atoms with Crippen molar-refractivity contribution in [1.29, 1.82) is 0 Å². The van der Waals surface area contributed by atoms with Gasteiger partial charge in [0, 0.05) is 18.3 Å². The van der Waals surface area contributed by atoms with E-state index < -0.39 is 6.10 Å². The number of H-pyrrole nitrogens is 1. The largest absolute Gasteiger partial charge is 0.490 e. The molecule has 0 spiro atoms. The summed E-state index contributed by atoms with van der Waals surface area (Å²) in [5.41, 5.74) is 0.903. The van der Waals surface area contributed by atoms with E-state index in [0.29, 0.717) is 17.3 Å². The fraction of sp³-hybridized carbons (Fsp3) is 0.467. The van der Waals surface area contributed by atoms with Crippen molar-refractivity contribution in [2.24, 2.45) is 0 Å². The Bertz CT molecular complexity index is 575. The van der Waals surface area contributed by atoms with E-state index in [1.54, 1.807) is 6.20 Å². The number of rotatable bonds is 5. The van der Waals surface area contributed by atoms with Crippen LogP contribution in [0, 0.1) is 0 Å². The Balaban J connectivity index is 1.97. The maximum Gasteiger partial charge on any atom is 0.130 e. The third kappa shape index (κ3) is 3.88. The number of aromatic nitrogens is 1. The van der Waals surface area contributed by atoms with Gasteiger partial charge in [0.15, 0.2) is 0 Å². The summed E-state index contributed by atoms with van der Waals surface area (Å²) in [5, 5.41) is 14.7. The second-order valence-corrected chi connectivity index (χ2v) is 6.32. The summed E-state index contributed by atoms with van der Waals surface area (Å²) in [4.78, 5) is 3.07. The van der Waals surface area contributed by atoms with Crippen LogP contribution in [0.15, 0.2) is 24.4 Å². The molecule has 1 unspecified atom stereocenters. The molecular formula is C15H21ClN2O2. The molecule has 2 rings (SSSR count). The highest BCUT2D eigenvalue weighted by atomic mass is 35.5. The monoisotopic (exact) mass is 296 g/mol. The molecule has 4 nitrogen and oxygen atoms in total. The van der Waals surface area contributed by atoms with Gasteiger partial charge in [0.2, 0.25) is 0 Å². The molecule has 2 aromatic rings. The lowest BCUT2D eigenvalue weighted by Crippen LogP contribution is -2.42. The zero-order chi connectivity index (χ0) is 14.8. The quantitative estimate of drug-likeness (QED) is 0.795. The minimum Gasteiger partial charge on any atom is -0.490 e. The first-order chi connectivity index (χ1) is 9.37. The molecule has 1 aromatic heterocycles. The molecule has 5 heteroatoms. The van der Waals surface area contributed by atoms with Crippen molar-refractivity contribution in [3.8, 4) is 5.75 Å². The lowest BCUT2D eigenvalue weighted by atomic mass is 10.1. The van der Waals surface area contributed by atoms with E-state index in [-0.39, 0.29) is 12.1 Å². The van der Waals surface area contributed by atoms with E-state index in [0.717, 1.165) is 10.9 Å². The molecule has 0 amide bonds. The van der Waals surface area contributed by atoms with Crippen molar-refractivity contribution < 1.29 is 9.84 Å². The zero-order valence-electron chi connectivity index (χ0n) is 12.0. The van der Waals surface area contributed by atoms with Crippen molar-refractivity contribution in [2.45, 2.75) is 32.4 Å². The Kier molecular flexibility index (Phi) is 4.58. The third-order valence-corrected chi connectivity index (χ3v) is 3.22.